The molecule has 1 fully saturated rings. The van der Waals surface area contributed by atoms with Crippen molar-refractivity contribution in [1.29, 1.82) is 0 Å². The Kier molecular flexibility index (Phi) is 5.80. The Bertz CT molecular complexity index is 352. The van der Waals surface area contributed by atoms with Gasteiger partial charge in [0, 0.05) is 19.1 Å². The first-order chi connectivity index (χ1) is 9.26. The molecule has 1 rings (SSSR count). The second-order valence-electron chi connectivity index (χ2n) is 6.08. The standard InChI is InChI=1S/C14H26N2O4/c1-6-10-9-16(13(18)20-14(2,3)4)11(8-15-10)7-12(17)19-5/h10-11,15H,6-9H2,1-5H3/t10-,11-/m1/s1. The summed E-state index contributed by atoms with van der Waals surface area (Å²) in [7, 11) is 1.35. The first-order valence-corrected chi connectivity index (χ1v) is 7.06. The predicted octanol–water partition coefficient (Wildman–Crippen LogP) is 1.54. The average molecular weight is 286 g/mol. The fourth-order valence-electron chi connectivity index (χ4n) is 2.14. The van der Waals surface area contributed by atoms with Gasteiger partial charge in [0.25, 0.3) is 0 Å². The highest BCUT2D eigenvalue weighted by molar-refractivity contribution is 5.73. The summed E-state index contributed by atoms with van der Waals surface area (Å²) in [6.45, 7) is 8.69. The van der Waals surface area contributed by atoms with Crippen molar-refractivity contribution in [1.82, 2.24) is 10.2 Å². The number of piperazine rings is 1. The van der Waals surface area contributed by atoms with Crippen molar-refractivity contribution in [3.05, 3.63) is 0 Å². The summed E-state index contributed by atoms with van der Waals surface area (Å²) >= 11 is 0. The van der Waals surface area contributed by atoms with Gasteiger partial charge in [-0.2, -0.15) is 0 Å². The van der Waals surface area contributed by atoms with Crippen LogP contribution >= 0.6 is 0 Å². The van der Waals surface area contributed by atoms with Gasteiger partial charge in [0.05, 0.1) is 19.6 Å². The SMILES string of the molecule is CC[C@@H]1CN(C(=O)OC(C)(C)C)[C@H](CC(=O)OC)CN1. The fourth-order valence-corrected chi connectivity index (χ4v) is 2.14. The molecule has 0 saturated carbocycles. The Morgan fingerprint density at radius 2 is 2.00 bits per heavy atom. The molecule has 1 aliphatic rings. The maximum Gasteiger partial charge on any atom is 0.410 e. The van der Waals surface area contributed by atoms with Crippen LogP contribution in [0.2, 0.25) is 0 Å². The van der Waals surface area contributed by atoms with Gasteiger partial charge >= 0.3 is 12.1 Å². The number of carbonyl (C=O) groups excluding carboxylic acids is 2. The molecule has 1 aliphatic heterocycles. The zero-order valence-electron chi connectivity index (χ0n) is 13.1. The second kappa shape index (κ2) is 6.92. The van der Waals surface area contributed by atoms with Gasteiger partial charge in [-0.1, -0.05) is 6.92 Å². The van der Waals surface area contributed by atoms with Crippen molar-refractivity contribution >= 4 is 12.1 Å². The van der Waals surface area contributed by atoms with Crippen molar-refractivity contribution < 1.29 is 19.1 Å². The van der Waals surface area contributed by atoms with E-state index < -0.39 is 5.60 Å². The number of nitrogens with zero attached hydrogens (tertiary/aromatic N) is 1. The van der Waals surface area contributed by atoms with Crippen LogP contribution in [-0.2, 0) is 14.3 Å². The molecule has 0 aliphatic carbocycles. The molecule has 6 heteroatoms. The minimum atomic E-state index is -0.542. The summed E-state index contributed by atoms with van der Waals surface area (Å²) in [4.78, 5) is 25.4. The van der Waals surface area contributed by atoms with Crippen LogP contribution in [0.4, 0.5) is 4.79 Å². The monoisotopic (exact) mass is 286 g/mol. The van der Waals surface area contributed by atoms with E-state index in [2.05, 4.69) is 17.0 Å². The van der Waals surface area contributed by atoms with E-state index in [4.69, 9.17) is 4.74 Å². The molecule has 6 nitrogen and oxygen atoms in total. The minimum Gasteiger partial charge on any atom is -0.469 e. The average Bonchev–Trinajstić information content (AvgIpc) is 2.36. The zero-order valence-corrected chi connectivity index (χ0v) is 13.1. The number of rotatable bonds is 3. The van der Waals surface area contributed by atoms with Gasteiger partial charge in [-0.25, -0.2) is 4.79 Å². The third kappa shape index (κ3) is 5.00. The zero-order chi connectivity index (χ0) is 15.3. The maximum absolute atomic E-state index is 12.3. The first-order valence-electron chi connectivity index (χ1n) is 7.06. The number of amides is 1. The normalized spacial score (nSPS) is 23.4. The number of ether oxygens (including phenoxy) is 2. The van der Waals surface area contributed by atoms with Crippen molar-refractivity contribution in [3.63, 3.8) is 0 Å². The molecular weight excluding hydrogens is 260 g/mol. The molecule has 1 amide bonds. The quantitative estimate of drug-likeness (QED) is 0.797. The lowest BCUT2D eigenvalue weighted by molar-refractivity contribution is -0.142. The summed E-state index contributed by atoms with van der Waals surface area (Å²) in [5, 5.41) is 3.34. The Balaban J connectivity index is 2.76. The van der Waals surface area contributed by atoms with Crippen LogP contribution in [0.3, 0.4) is 0 Å². The van der Waals surface area contributed by atoms with Crippen LogP contribution in [0.1, 0.15) is 40.5 Å². The van der Waals surface area contributed by atoms with E-state index in [1.165, 1.54) is 7.11 Å². The van der Waals surface area contributed by atoms with E-state index in [1.807, 2.05) is 20.8 Å². The van der Waals surface area contributed by atoms with Crippen LogP contribution in [0.25, 0.3) is 0 Å². The molecule has 1 saturated heterocycles. The highest BCUT2D eigenvalue weighted by atomic mass is 16.6. The third-order valence-corrected chi connectivity index (χ3v) is 3.25. The van der Waals surface area contributed by atoms with Gasteiger partial charge in [-0.3, -0.25) is 4.79 Å². The predicted molar refractivity (Wildman–Crippen MR) is 75.4 cm³/mol. The Morgan fingerprint density at radius 3 is 2.50 bits per heavy atom. The van der Waals surface area contributed by atoms with E-state index in [0.717, 1.165) is 6.42 Å². The van der Waals surface area contributed by atoms with Gasteiger partial charge < -0.3 is 19.7 Å². The number of methoxy groups -OCH3 is 1. The summed E-state index contributed by atoms with van der Waals surface area (Å²) in [5.41, 5.74) is -0.542. The Labute approximate surface area is 120 Å². The molecule has 0 aromatic heterocycles. The van der Waals surface area contributed by atoms with Crippen LogP contribution in [0, 0.1) is 0 Å². The molecule has 0 unspecified atom stereocenters. The fraction of sp³-hybridized carbons (Fsp3) is 0.857. The maximum atomic E-state index is 12.3. The molecular formula is C14H26N2O4. The number of nitrogens with one attached hydrogen (secondary N) is 1. The highest BCUT2D eigenvalue weighted by Gasteiger charge is 2.34. The Hall–Kier alpha value is -1.30. The second-order valence-corrected chi connectivity index (χ2v) is 6.08. The molecule has 116 valence electrons. The molecule has 20 heavy (non-hydrogen) atoms. The molecule has 0 aromatic rings. The van der Waals surface area contributed by atoms with Gasteiger partial charge in [-0.15, -0.1) is 0 Å². The lowest BCUT2D eigenvalue weighted by Crippen LogP contribution is -2.59. The van der Waals surface area contributed by atoms with Crippen molar-refractivity contribution in [2.24, 2.45) is 0 Å². The molecule has 0 radical (unpaired) electrons. The van der Waals surface area contributed by atoms with E-state index in [-0.39, 0.29) is 30.6 Å². The summed E-state index contributed by atoms with van der Waals surface area (Å²) in [6.07, 6.45) is 0.731. The van der Waals surface area contributed by atoms with Gasteiger partial charge in [-0.05, 0) is 27.2 Å². The Morgan fingerprint density at radius 1 is 1.35 bits per heavy atom. The lowest BCUT2D eigenvalue weighted by Gasteiger charge is -2.40. The smallest absolute Gasteiger partial charge is 0.410 e. The van der Waals surface area contributed by atoms with Crippen LogP contribution in [0.5, 0.6) is 0 Å². The molecule has 0 spiro atoms. The number of esters is 1. The molecule has 1 heterocycles. The van der Waals surface area contributed by atoms with Gasteiger partial charge in [0.15, 0.2) is 0 Å². The highest BCUT2D eigenvalue weighted by Crippen LogP contribution is 2.17. The first kappa shape index (κ1) is 16.8. The third-order valence-electron chi connectivity index (χ3n) is 3.25. The van der Waals surface area contributed by atoms with Gasteiger partial charge in [0.1, 0.15) is 5.60 Å². The summed E-state index contributed by atoms with van der Waals surface area (Å²) in [5.74, 6) is -0.319. The van der Waals surface area contributed by atoms with E-state index >= 15 is 0 Å². The number of hydrogen-bond acceptors (Lipinski definition) is 5. The lowest BCUT2D eigenvalue weighted by atomic mass is 10.1. The van der Waals surface area contributed by atoms with Crippen molar-refractivity contribution in [2.75, 3.05) is 20.2 Å². The largest absolute Gasteiger partial charge is 0.469 e. The molecule has 1 N–H and O–H groups in total. The topological polar surface area (TPSA) is 67.9 Å². The summed E-state index contributed by atoms with van der Waals surface area (Å²) < 4.78 is 10.1. The minimum absolute atomic E-state index is 0.180. The number of carbonyl (C=O) groups is 2. The number of hydrogen-bond donors (Lipinski definition) is 1. The van der Waals surface area contributed by atoms with Crippen molar-refractivity contribution in [3.8, 4) is 0 Å². The van der Waals surface area contributed by atoms with Crippen LogP contribution in [0.15, 0.2) is 0 Å². The van der Waals surface area contributed by atoms with Crippen molar-refractivity contribution in [2.45, 2.75) is 58.2 Å². The van der Waals surface area contributed by atoms with Crippen LogP contribution in [-0.4, -0.2) is 54.8 Å². The van der Waals surface area contributed by atoms with Crippen LogP contribution < -0.4 is 5.32 Å². The van der Waals surface area contributed by atoms with Gasteiger partial charge in [0.2, 0.25) is 0 Å². The summed E-state index contributed by atoms with van der Waals surface area (Å²) in [6, 6.07) is 0.0107. The molecule has 0 bridgehead atoms. The van der Waals surface area contributed by atoms with E-state index in [1.54, 1.807) is 4.90 Å². The molecule has 2 atom stereocenters. The molecule has 0 aromatic carbocycles. The van der Waals surface area contributed by atoms with E-state index in [0.29, 0.717) is 13.1 Å². The van der Waals surface area contributed by atoms with E-state index in [9.17, 15) is 9.59 Å².